The van der Waals surface area contributed by atoms with Gasteiger partial charge in [0.15, 0.2) is 0 Å². The molecule has 0 heterocycles. The minimum Gasteiger partial charge on any atom is -0.436 e. The number of carbonyl (C=O) groups is 1. The molecule has 122 valence electrons. The van der Waals surface area contributed by atoms with E-state index in [9.17, 15) is 23.1 Å². The first-order valence-corrected chi connectivity index (χ1v) is 6.95. The lowest BCUT2D eigenvalue weighted by molar-refractivity contribution is -0.190. The van der Waals surface area contributed by atoms with Crippen molar-refractivity contribution in [3.05, 3.63) is 35.4 Å². The second-order valence-corrected chi connectivity index (χ2v) is 5.21. The summed E-state index contributed by atoms with van der Waals surface area (Å²) in [7, 11) is 0. The van der Waals surface area contributed by atoms with Crippen molar-refractivity contribution in [1.82, 2.24) is 0 Å². The SMILES string of the molecule is CC(OC(=O)C1CC1)OC(CO)c1ccc(C(F)(F)F)cc1. The van der Waals surface area contributed by atoms with Crippen LogP contribution in [0.3, 0.4) is 0 Å². The van der Waals surface area contributed by atoms with Crippen molar-refractivity contribution in [2.75, 3.05) is 6.61 Å². The Morgan fingerprint density at radius 3 is 2.36 bits per heavy atom. The van der Waals surface area contributed by atoms with Crippen LogP contribution in [0.1, 0.15) is 37.0 Å². The standard InChI is InChI=1S/C15H17F3O4/c1-9(22-14(20)11-2-3-11)21-13(8-19)10-4-6-12(7-5-10)15(16,17)18/h4-7,9,11,13,19H,2-3,8H2,1H3. The third-order valence-corrected chi connectivity index (χ3v) is 3.32. The van der Waals surface area contributed by atoms with Gasteiger partial charge in [-0.2, -0.15) is 13.2 Å². The number of halogens is 3. The zero-order valence-electron chi connectivity index (χ0n) is 12.0. The first kappa shape index (κ1) is 16.8. The van der Waals surface area contributed by atoms with E-state index in [4.69, 9.17) is 9.47 Å². The molecular weight excluding hydrogens is 301 g/mol. The monoisotopic (exact) mass is 318 g/mol. The average molecular weight is 318 g/mol. The zero-order chi connectivity index (χ0) is 16.3. The van der Waals surface area contributed by atoms with Crippen LogP contribution in [-0.2, 0) is 20.4 Å². The summed E-state index contributed by atoms with van der Waals surface area (Å²) in [5, 5.41) is 9.33. The van der Waals surface area contributed by atoms with Gasteiger partial charge >= 0.3 is 12.1 Å². The number of hydrogen-bond donors (Lipinski definition) is 1. The minimum absolute atomic E-state index is 0.0790. The summed E-state index contributed by atoms with van der Waals surface area (Å²) in [6.45, 7) is 1.07. The number of aliphatic hydroxyl groups excluding tert-OH is 1. The molecule has 1 fully saturated rings. The zero-order valence-corrected chi connectivity index (χ0v) is 12.0. The fourth-order valence-corrected chi connectivity index (χ4v) is 1.95. The molecule has 1 saturated carbocycles. The van der Waals surface area contributed by atoms with Crippen LogP contribution >= 0.6 is 0 Å². The fourth-order valence-electron chi connectivity index (χ4n) is 1.95. The maximum Gasteiger partial charge on any atom is 0.416 e. The van der Waals surface area contributed by atoms with Crippen molar-refractivity contribution in [2.24, 2.45) is 5.92 Å². The van der Waals surface area contributed by atoms with E-state index in [2.05, 4.69) is 0 Å². The van der Waals surface area contributed by atoms with Gasteiger partial charge in [-0.15, -0.1) is 0 Å². The summed E-state index contributed by atoms with van der Waals surface area (Å²) >= 11 is 0. The van der Waals surface area contributed by atoms with Crippen molar-refractivity contribution in [2.45, 2.75) is 38.3 Å². The summed E-state index contributed by atoms with van der Waals surface area (Å²) in [4.78, 5) is 11.5. The van der Waals surface area contributed by atoms with Crippen LogP contribution in [0.5, 0.6) is 0 Å². The first-order valence-electron chi connectivity index (χ1n) is 6.95. The number of rotatable bonds is 6. The maximum atomic E-state index is 12.5. The van der Waals surface area contributed by atoms with Gasteiger partial charge < -0.3 is 14.6 Å². The second kappa shape index (κ2) is 6.66. The molecule has 0 aliphatic heterocycles. The predicted molar refractivity (Wildman–Crippen MR) is 70.6 cm³/mol. The molecule has 2 rings (SSSR count). The molecule has 7 heteroatoms. The van der Waals surface area contributed by atoms with Crippen molar-refractivity contribution in [3.63, 3.8) is 0 Å². The molecule has 0 amide bonds. The van der Waals surface area contributed by atoms with Crippen molar-refractivity contribution >= 4 is 5.97 Å². The van der Waals surface area contributed by atoms with Crippen LogP contribution in [0.2, 0.25) is 0 Å². The van der Waals surface area contributed by atoms with E-state index < -0.39 is 30.7 Å². The van der Waals surface area contributed by atoms with Gasteiger partial charge in [0, 0.05) is 0 Å². The molecule has 1 aromatic carbocycles. The number of benzene rings is 1. The summed E-state index contributed by atoms with van der Waals surface area (Å²) in [5.41, 5.74) is -0.397. The smallest absolute Gasteiger partial charge is 0.416 e. The van der Waals surface area contributed by atoms with Crippen LogP contribution in [0, 0.1) is 5.92 Å². The van der Waals surface area contributed by atoms with E-state index in [1.807, 2.05) is 0 Å². The Morgan fingerprint density at radius 2 is 1.91 bits per heavy atom. The molecule has 22 heavy (non-hydrogen) atoms. The predicted octanol–water partition coefficient (Wildman–Crippen LogP) is 3.05. The minimum atomic E-state index is -4.42. The Labute approximate surface area is 125 Å². The summed E-state index contributed by atoms with van der Waals surface area (Å²) < 4.78 is 47.9. The number of carbonyl (C=O) groups excluding carboxylic acids is 1. The molecule has 0 saturated heterocycles. The number of ether oxygens (including phenoxy) is 2. The number of esters is 1. The molecule has 2 atom stereocenters. The summed E-state index contributed by atoms with van der Waals surface area (Å²) in [5.74, 6) is -0.429. The molecule has 0 bridgehead atoms. The maximum absolute atomic E-state index is 12.5. The van der Waals surface area contributed by atoms with Crippen LogP contribution in [0.25, 0.3) is 0 Å². The third-order valence-electron chi connectivity index (χ3n) is 3.32. The lowest BCUT2D eigenvalue weighted by Crippen LogP contribution is -2.23. The number of aliphatic hydroxyl groups is 1. The van der Waals surface area contributed by atoms with E-state index >= 15 is 0 Å². The van der Waals surface area contributed by atoms with E-state index in [0.717, 1.165) is 25.0 Å². The lowest BCUT2D eigenvalue weighted by Gasteiger charge is -2.21. The lowest BCUT2D eigenvalue weighted by atomic mass is 10.1. The Morgan fingerprint density at radius 1 is 1.32 bits per heavy atom. The summed E-state index contributed by atoms with van der Waals surface area (Å²) in [6, 6.07) is 4.31. The van der Waals surface area contributed by atoms with Crippen LogP contribution in [0.15, 0.2) is 24.3 Å². The van der Waals surface area contributed by atoms with Gasteiger partial charge in [-0.05, 0) is 37.5 Å². The highest BCUT2D eigenvalue weighted by atomic mass is 19.4. The Kier molecular flexibility index (Phi) is 5.08. The molecule has 1 aromatic rings. The number of hydrogen-bond acceptors (Lipinski definition) is 4. The van der Waals surface area contributed by atoms with Crippen molar-refractivity contribution in [3.8, 4) is 0 Å². The Hall–Kier alpha value is -1.60. The molecule has 0 radical (unpaired) electrons. The van der Waals surface area contributed by atoms with Crippen LogP contribution in [0.4, 0.5) is 13.2 Å². The van der Waals surface area contributed by atoms with Gasteiger partial charge in [-0.1, -0.05) is 12.1 Å². The van der Waals surface area contributed by atoms with E-state index in [1.165, 1.54) is 19.1 Å². The third kappa shape index (κ3) is 4.45. The largest absolute Gasteiger partial charge is 0.436 e. The quantitative estimate of drug-likeness (QED) is 0.647. The molecule has 0 aromatic heterocycles. The van der Waals surface area contributed by atoms with Crippen LogP contribution in [-0.4, -0.2) is 24.0 Å². The molecule has 1 aliphatic rings. The molecule has 1 N–H and O–H groups in total. The molecule has 4 nitrogen and oxygen atoms in total. The van der Waals surface area contributed by atoms with Gasteiger partial charge in [0.2, 0.25) is 6.29 Å². The topological polar surface area (TPSA) is 55.8 Å². The highest BCUT2D eigenvalue weighted by molar-refractivity contribution is 5.74. The second-order valence-electron chi connectivity index (χ2n) is 5.21. The van der Waals surface area contributed by atoms with Gasteiger partial charge in [-0.25, -0.2) is 0 Å². The van der Waals surface area contributed by atoms with E-state index in [1.54, 1.807) is 0 Å². The van der Waals surface area contributed by atoms with E-state index in [0.29, 0.717) is 5.56 Å². The molecule has 2 unspecified atom stereocenters. The van der Waals surface area contributed by atoms with Crippen molar-refractivity contribution in [1.29, 1.82) is 0 Å². The normalized spacial score (nSPS) is 17.9. The van der Waals surface area contributed by atoms with Crippen molar-refractivity contribution < 1.29 is 32.5 Å². The van der Waals surface area contributed by atoms with Gasteiger partial charge in [0.1, 0.15) is 6.10 Å². The van der Waals surface area contributed by atoms with Gasteiger partial charge in [0.05, 0.1) is 18.1 Å². The highest BCUT2D eigenvalue weighted by Crippen LogP contribution is 2.32. The van der Waals surface area contributed by atoms with Gasteiger partial charge in [0.25, 0.3) is 0 Å². The highest BCUT2D eigenvalue weighted by Gasteiger charge is 2.33. The molecule has 0 spiro atoms. The molecular formula is C15H17F3O4. The fraction of sp³-hybridized carbons (Fsp3) is 0.533. The summed E-state index contributed by atoms with van der Waals surface area (Å²) in [6.07, 6.45) is -4.56. The van der Waals surface area contributed by atoms with Crippen LogP contribution < -0.4 is 0 Å². The Bertz CT molecular complexity index is 509. The Balaban J connectivity index is 1.96. The van der Waals surface area contributed by atoms with Gasteiger partial charge in [-0.3, -0.25) is 4.79 Å². The first-order chi connectivity index (χ1) is 10.3. The average Bonchev–Trinajstić information content (AvgIpc) is 3.28. The van der Waals surface area contributed by atoms with E-state index in [-0.39, 0.29) is 11.9 Å². The number of alkyl halides is 3. The molecule has 1 aliphatic carbocycles.